The van der Waals surface area contributed by atoms with Gasteiger partial charge in [-0.1, -0.05) is 17.7 Å². The Labute approximate surface area is 180 Å². The fourth-order valence-electron chi connectivity index (χ4n) is 3.49. The number of benzene rings is 2. The lowest BCUT2D eigenvalue weighted by Crippen LogP contribution is -2.48. The second-order valence-electron chi connectivity index (χ2n) is 7.13. The summed E-state index contributed by atoms with van der Waals surface area (Å²) in [5, 5.41) is 0. The molecule has 0 aromatic heterocycles. The average molecular weight is 427 g/mol. The van der Waals surface area contributed by atoms with Gasteiger partial charge in [0, 0.05) is 5.56 Å². The van der Waals surface area contributed by atoms with Crippen LogP contribution in [0.25, 0.3) is 0 Å². The molecule has 3 amide bonds. The van der Waals surface area contributed by atoms with Crippen molar-refractivity contribution < 1.29 is 28.6 Å². The van der Waals surface area contributed by atoms with Crippen LogP contribution in [0.5, 0.6) is 17.2 Å². The smallest absolute Gasteiger partial charge is 0.265 e. The number of hydrazine groups is 1. The van der Waals surface area contributed by atoms with E-state index in [2.05, 4.69) is 10.9 Å². The summed E-state index contributed by atoms with van der Waals surface area (Å²) in [6, 6.07) is 7.60. The number of hydrogen-bond donors (Lipinski definition) is 2. The molecule has 1 fully saturated rings. The van der Waals surface area contributed by atoms with Crippen LogP contribution in [0.3, 0.4) is 0 Å². The number of methoxy groups -OCH3 is 3. The van der Waals surface area contributed by atoms with Gasteiger partial charge in [-0.25, -0.2) is 10.3 Å². The van der Waals surface area contributed by atoms with Crippen LogP contribution in [0.1, 0.15) is 27.9 Å². The van der Waals surface area contributed by atoms with Crippen molar-refractivity contribution in [2.45, 2.75) is 26.3 Å². The molecule has 1 aliphatic rings. The lowest BCUT2D eigenvalue weighted by Gasteiger charge is -2.18. The van der Waals surface area contributed by atoms with E-state index < -0.39 is 17.9 Å². The van der Waals surface area contributed by atoms with Gasteiger partial charge in [0.1, 0.15) is 6.04 Å². The highest BCUT2D eigenvalue weighted by Gasteiger charge is 2.40. The van der Waals surface area contributed by atoms with Crippen LogP contribution in [-0.4, -0.2) is 45.1 Å². The second kappa shape index (κ2) is 9.05. The highest BCUT2D eigenvalue weighted by Crippen LogP contribution is 2.38. The van der Waals surface area contributed by atoms with Gasteiger partial charge in [0.05, 0.1) is 33.4 Å². The number of rotatable bonds is 7. The van der Waals surface area contributed by atoms with Crippen LogP contribution in [0.4, 0.5) is 5.69 Å². The first-order chi connectivity index (χ1) is 14.8. The molecular weight excluding hydrogens is 402 g/mol. The Morgan fingerprint density at radius 2 is 1.65 bits per heavy atom. The number of carbonyl (C=O) groups is 3. The maximum Gasteiger partial charge on any atom is 0.265 e. The van der Waals surface area contributed by atoms with E-state index >= 15 is 0 Å². The van der Waals surface area contributed by atoms with Crippen LogP contribution < -0.4 is 30.0 Å². The first kappa shape index (κ1) is 22.1. The standard InChI is InChI=1S/C22H25N3O6/c1-12-6-7-16(13(2)8-12)25-19(26)11-15(22(25)28)23-24-21(27)14-9-17(29-3)20(31-5)18(10-14)30-4/h6-10,15,23H,11H2,1-5H3,(H,24,27)/t15-/m1/s1. The zero-order valence-corrected chi connectivity index (χ0v) is 18.1. The van der Waals surface area contributed by atoms with Gasteiger partial charge in [-0.05, 0) is 37.6 Å². The molecule has 1 aliphatic heterocycles. The number of anilines is 1. The number of aryl methyl sites for hydroxylation is 2. The minimum atomic E-state index is -0.876. The first-order valence-electron chi connectivity index (χ1n) is 9.60. The molecule has 0 radical (unpaired) electrons. The van der Waals surface area contributed by atoms with Crippen molar-refractivity contribution in [1.82, 2.24) is 10.9 Å². The van der Waals surface area contributed by atoms with Crippen molar-refractivity contribution in [3.8, 4) is 17.2 Å². The van der Waals surface area contributed by atoms with Crippen molar-refractivity contribution >= 4 is 23.4 Å². The topological polar surface area (TPSA) is 106 Å². The molecule has 9 heteroatoms. The summed E-state index contributed by atoms with van der Waals surface area (Å²) >= 11 is 0. The molecule has 1 saturated heterocycles. The van der Waals surface area contributed by atoms with Crippen molar-refractivity contribution in [1.29, 1.82) is 0 Å². The molecule has 0 aliphatic carbocycles. The Morgan fingerprint density at radius 1 is 1.00 bits per heavy atom. The Bertz CT molecular complexity index is 1010. The largest absolute Gasteiger partial charge is 0.493 e. The predicted molar refractivity (Wildman–Crippen MR) is 114 cm³/mol. The third-order valence-corrected chi connectivity index (χ3v) is 5.03. The van der Waals surface area contributed by atoms with Gasteiger partial charge in [-0.3, -0.25) is 19.8 Å². The summed E-state index contributed by atoms with van der Waals surface area (Å²) in [4.78, 5) is 39.1. The zero-order chi connectivity index (χ0) is 22.7. The normalized spacial score (nSPS) is 15.8. The van der Waals surface area contributed by atoms with E-state index in [1.54, 1.807) is 6.07 Å². The minimum absolute atomic E-state index is 0.0678. The summed E-state index contributed by atoms with van der Waals surface area (Å²) in [5.74, 6) is -0.293. The number of hydrogen-bond acceptors (Lipinski definition) is 7. The fraction of sp³-hybridized carbons (Fsp3) is 0.318. The number of nitrogens with one attached hydrogen (secondary N) is 2. The lowest BCUT2D eigenvalue weighted by atomic mass is 10.1. The SMILES string of the molecule is COc1cc(C(=O)NN[C@@H]2CC(=O)N(c3ccc(C)cc3C)C2=O)cc(OC)c1OC. The van der Waals surface area contributed by atoms with E-state index in [0.717, 1.165) is 16.0 Å². The Morgan fingerprint density at radius 3 is 2.19 bits per heavy atom. The van der Waals surface area contributed by atoms with Gasteiger partial charge in [0.25, 0.3) is 11.8 Å². The molecular formula is C22H25N3O6. The highest BCUT2D eigenvalue weighted by atomic mass is 16.5. The first-order valence-corrected chi connectivity index (χ1v) is 9.60. The maximum absolute atomic E-state index is 12.8. The molecule has 2 aromatic rings. The molecule has 0 spiro atoms. The monoisotopic (exact) mass is 427 g/mol. The third-order valence-electron chi connectivity index (χ3n) is 5.03. The van der Waals surface area contributed by atoms with Gasteiger partial charge < -0.3 is 14.2 Å². The second-order valence-corrected chi connectivity index (χ2v) is 7.13. The molecule has 0 saturated carbocycles. The van der Waals surface area contributed by atoms with Crippen molar-refractivity contribution in [2.24, 2.45) is 0 Å². The van der Waals surface area contributed by atoms with Crippen LogP contribution in [-0.2, 0) is 9.59 Å². The molecule has 0 unspecified atom stereocenters. The van der Waals surface area contributed by atoms with Crippen LogP contribution in [0, 0.1) is 13.8 Å². The van der Waals surface area contributed by atoms with Gasteiger partial charge in [0.15, 0.2) is 11.5 Å². The molecule has 2 aromatic carbocycles. The van der Waals surface area contributed by atoms with Crippen molar-refractivity contribution in [3.05, 3.63) is 47.0 Å². The van der Waals surface area contributed by atoms with E-state index in [1.807, 2.05) is 26.0 Å². The molecule has 2 N–H and O–H groups in total. The van der Waals surface area contributed by atoms with Crippen molar-refractivity contribution in [3.63, 3.8) is 0 Å². The molecule has 1 atom stereocenters. The molecule has 9 nitrogen and oxygen atoms in total. The van der Waals surface area contributed by atoms with Crippen molar-refractivity contribution in [2.75, 3.05) is 26.2 Å². The van der Waals surface area contributed by atoms with Gasteiger partial charge in [0.2, 0.25) is 11.7 Å². The van der Waals surface area contributed by atoms with Gasteiger partial charge >= 0.3 is 0 Å². The summed E-state index contributed by atoms with van der Waals surface area (Å²) in [6.45, 7) is 3.78. The number of imide groups is 1. The highest BCUT2D eigenvalue weighted by molar-refractivity contribution is 6.22. The van der Waals surface area contributed by atoms with Crippen LogP contribution in [0.15, 0.2) is 30.3 Å². The van der Waals surface area contributed by atoms with Crippen LogP contribution in [0.2, 0.25) is 0 Å². The van der Waals surface area contributed by atoms with E-state index in [-0.39, 0.29) is 17.9 Å². The molecule has 3 rings (SSSR count). The Hall–Kier alpha value is -3.59. The fourth-order valence-corrected chi connectivity index (χ4v) is 3.49. The number of nitrogens with zero attached hydrogens (tertiary/aromatic N) is 1. The van der Waals surface area contributed by atoms with E-state index in [9.17, 15) is 14.4 Å². The Kier molecular flexibility index (Phi) is 6.45. The molecule has 164 valence electrons. The lowest BCUT2D eigenvalue weighted by molar-refractivity contribution is -0.121. The number of carbonyl (C=O) groups excluding carboxylic acids is 3. The summed E-state index contributed by atoms with van der Waals surface area (Å²) in [5.41, 5.74) is 7.78. The van der Waals surface area contributed by atoms with E-state index in [1.165, 1.54) is 33.5 Å². The summed E-state index contributed by atoms with van der Waals surface area (Å²) in [6.07, 6.45) is -0.0678. The maximum atomic E-state index is 12.8. The van der Waals surface area contributed by atoms with E-state index in [4.69, 9.17) is 14.2 Å². The third kappa shape index (κ3) is 4.31. The quantitative estimate of drug-likeness (QED) is 0.513. The summed E-state index contributed by atoms with van der Waals surface area (Å²) < 4.78 is 15.7. The van der Waals surface area contributed by atoms with Gasteiger partial charge in [-0.2, -0.15) is 0 Å². The van der Waals surface area contributed by atoms with Crippen LogP contribution >= 0.6 is 0 Å². The molecule has 0 bridgehead atoms. The molecule has 1 heterocycles. The number of ether oxygens (including phenoxy) is 3. The Balaban J connectivity index is 1.74. The predicted octanol–water partition coefficient (Wildman–Crippen LogP) is 1.90. The minimum Gasteiger partial charge on any atom is -0.493 e. The molecule has 31 heavy (non-hydrogen) atoms. The average Bonchev–Trinajstić information content (AvgIpc) is 3.04. The number of amides is 3. The van der Waals surface area contributed by atoms with E-state index in [0.29, 0.717) is 22.9 Å². The zero-order valence-electron chi connectivity index (χ0n) is 18.1. The summed E-state index contributed by atoms with van der Waals surface area (Å²) in [7, 11) is 4.36. The van der Waals surface area contributed by atoms with Gasteiger partial charge in [-0.15, -0.1) is 0 Å².